The van der Waals surface area contributed by atoms with Gasteiger partial charge in [-0.25, -0.2) is 9.97 Å². The molecule has 1 aromatic heterocycles. The number of aromatic nitrogens is 2. The summed E-state index contributed by atoms with van der Waals surface area (Å²) in [5.41, 5.74) is 3.89. The van der Waals surface area contributed by atoms with Gasteiger partial charge in [-0.1, -0.05) is 18.5 Å². The number of hydrogen-bond acceptors (Lipinski definition) is 9. The van der Waals surface area contributed by atoms with Crippen molar-refractivity contribution >= 4 is 40.5 Å². The monoisotopic (exact) mass is 449 g/mol. The molecule has 2 N–H and O–H groups in total. The van der Waals surface area contributed by atoms with E-state index in [1.807, 2.05) is 11.8 Å². The number of hydrogen-bond donors (Lipinski definition) is 2. The van der Waals surface area contributed by atoms with Crippen LogP contribution in [0.15, 0.2) is 24.5 Å². The molecule has 13 heteroatoms. The molecule has 1 atom stereocenters. The summed E-state index contributed by atoms with van der Waals surface area (Å²) in [6.07, 6.45) is 4.85. The Morgan fingerprint density at radius 2 is 2.03 bits per heavy atom. The highest BCUT2D eigenvalue weighted by Gasteiger charge is 2.32. The first-order valence-electron chi connectivity index (χ1n) is 9.59. The van der Waals surface area contributed by atoms with Gasteiger partial charge in [-0.2, -0.15) is 0 Å². The molecule has 3 rings (SSSR count). The van der Waals surface area contributed by atoms with Crippen molar-refractivity contribution in [3.8, 4) is 0 Å². The minimum Gasteiger partial charge on any atom is -0.348 e. The molecule has 0 aliphatic carbocycles. The molecule has 12 nitrogen and oxygen atoms in total. The van der Waals surface area contributed by atoms with Crippen molar-refractivity contribution in [2.45, 2.75) is 38.6 Å². The highest BCUT2D eigenvalue weighted by molar-refractivity contribution is 6.32. The number of carbonyl (C=O) groups is 1. The Labute approximate surface area is 181 Å². The maximum atomic E-state index is 12.4. The van der Waals surface area contributed by atoms with E-state index in [2.05, 4.69) is 20.8 Å². The summed E-state index contributed by atoms with van der Waals surface area (Å²) in [5, 5.41) is 22.7. The van der Waals surface area contributed by atoms with Gasteiger partial charge in [0.05, 0.1) is 9.85 Å². The Bertz CT molecular complexity index is 1020. The first kappa shape index (κ1) is 22.2. The zero-order valence-electron chi connectivity index (χ0n) is 16.6. The van der Waals surface area contributed by atoms with Crippen LogP contribution in [-0.4, -0.2) is 38.3 Å². The first-order chi connectivity index (χ1) is 14.8. The van der Waals surface area contributed by atoms with Crippen LogP contribution >= 0.6 is 11.6 Å². The van der Waals surface area contributed by atoms with E-state index in [1.54, 1.807) is 0 Å². The number of nitrogens with one attached hydrogen (secondary N) is 2. The van der Waals surface area contributed by atoms with Gasteiger partial charge in [0.2, 0.25) is 11.6 Å². The SMILES string of the molecule is CCC1CCCCN1c1ncnc(NNC(=O)c2ccc(Cl)c([N+](=O)[O-])c2)c1[N+](=O)[O-]. The van der Waals surface area contributed by atoms with E-state index in [-0.39, 0.29) is 34.0 Å². The van der Waals surface area contributed by atoms with Crippen molar-refractivity contribution < 1.29 is 14.6 Å². The van der Waals surface area contributed by atoms with Crippen LogP contribution in [0.2, 0.25) is 5.02 Å². The Balaban J connectivity index is 1.85. The lowest BCUT2D eigenvalue weighted by Crippen LogP contribution is -2.40. The number of anilines is 2. The fraction of sp³-hybridized carbons (Fsp3) is 0.389. The van der Waals surface area contributed by atoms with Crippen molar-refractivity contribution in [1.82, 2.24) is 15.4 Å². The molecular weight excluding hydrogens is 430 g/mol. The minimum atomic E-state index is -0.751. The molecule has 0 saturated carbocycles. The second-order valence-electron chi connectivity index (χ2n) is 6.91. The van der Waals surface area contributed by atoms with Crippen LogP contribution in [0, 0.1) is 20.2 Å². The largest absolute Gasteiger partial charge is 0.355 e. The molecule has 1 fully saturated rings. The van der Waals surface area contributed by atoms with Crippen molar-refractivity contribution in [2.24, 2.45) is 0 Å². The average Bonchev–Trinajstić information content (AvgIpc) is 2.77. The van der Waals surface area contributed by atoms with Crippen molar-refractivity contribution in [3.05, 3.63) is 55.3 Å². The second kappa shape index (κ2) is 9.51. The summed E-state index contributed by atoms with van der Waals surface area (Å²) < 4.78 is 0. The summed E-state index contributed by atoms with van der Waals surface area (Å²) in [5.74, 6) is -0.753. The molecule has 1 aromatic carbocycles. The number of rotatable bonds is 7. The third kappa shape index (κ3) is 4.79. The quantitative estimate of drug-likeness (QED) is 0.476. The number of halogens is 1. The van der Waals surface area contributed by atoms with Crippen LogP contribution in [0.25, 0.3) is 0 Å². The smallest absolute Gasteiger partial charge is 0.348 e. The van der Waals surface area contributed by atoms with Crippen molar-refractivity contribution in [3.63, 3.8) is 0 Å². The Morgan fingerprint density at radius 1 is 1.26 bits per heavy atom. The summed E-state index contributed by atoms with van der Waals surface area (Å²) in [6, 6.07) is 3.66. The normalized spacial score (nSPS) is 15.9. The lowest BCUT2D eigenvalue weighted by molar-refractivity contribution is -0.384. The lowest BCUT2D eigenvalue weighted by Gasteiger charge is -2.35. The summed E-state index contributed by atoms with van der Waals surface area (Å²) in [4.78, 5) is 43.9. The van der Waals surface area contributed by atoms with Gasteiger partial charge in [0.25, 0.3) is 11.6 Å². The van der Waals surface area contributed by atoms with Crippen LogP contribution in [0.1, 0.15) is 43.0 Å². The Kier molecular flexibility index (Phi) is 6.80. The molecule has 1 saturated heterocycles. The number of nitro groups is 2. The van der Waals surface area contributed by atoms with Gasteiger partial charge in [0.15, 0.2) is 0 Å². The van der Waals surface area contributed by atoms with Gasteiger partial charge in [0.1, 0.15) is 11.3 Å². The fourth-order valence-electron chi connectivity index (χ4n) is 3.53. The van der Waals surface area contributed by atoms with Gasteiger partial charge in [0, 0.05) is 24.2 Å². The number of piperidine rings is 1. The molecule has 164 valence electrons. The predicted molar refractivity (Wildman–Crippen MR) is 113 cm³/mol. The molecule has 0 spiro atoms. The van der Waals surface area contributed by atoms with Gasteiger partial charge >= 0.3 is 5.69 Å². The standard InChI is InChI=1S/C18H20ClN7O5/c1-2-12-5-3-4-8-24(12)17-15(26(30)31)16(20-10-21-17)22-23-18(27)11-6-7-13(19)14(9-11)25(28)29/h6-7,9-10,12H,2-5,8H2,1H3,(H,23,27)(H,20,21,22). The highest BCUT2D eigenvalue weighted by Crippen LogP contribution is 2.35. The molecule has 31 heavy (non-hydrogen) atoms. The van der Waals surface area contributed by atoms with E-state index in [1.165, 1.54) is 18.5 Å². The van der Waals surface area contributed by atoms with E-state index in [9.17, 15) is 25.0 Å². The Morgan fingerprint density at radius 3 is 2.71 bits per heavy atom. The zero-order chi connectivity index (χ0) is 22.5. The molecule has 0 radical (unpaired) electrons. The van der Waals surface area contributed by atoms with E-state index in [0.717, 1.165) is 31.7 Å². The molecule has 1 amide bonds. The molecule has 1 unspecified atom stereocenters. The first-order valence-corrected chi connectivity index (χ1v) is 9.97. The third-order valence-corrected chi connectivity index (χ3v) is 5.38. The highest BCUT2D eigenvalue weighted by atomic mass is 35.5. The lowest BCUT2D eigenvalue weighted by atomic mass is 10.00. The van der Waals surface area contributed by atoms with Crippen LogP contribution < -0.4 is 15.8 Å². The van der Waals surface area contributed by atoms with Gasteiger partial charge in [-0.3, -0.25) is 35.9 Å². The number of hydrazine groups is 1. The summed E-state index contributed by atoms with van der Waals surface area (Å²) in [7, 11) is 0. The summed E-state index contributed by atoms with van der Waals surface area (Å²) in [6.45, 7) is 2.65. The Hall–Kier alpha value is -3.54. The predicted octanol–water partition coefficient (Wildman–Crippen LogP) is 3.47. The molecular formula is C18H20ClN7O5. The minimum absolute atomic E-state index is 0.0531. The fourth-order valence-corrected chi connectivity index (χ4v) is 3.71. The topological polar surface area (TPSA) is 156 Å². The van der Waals surface area contributed by atoms with Crippen LogP contribution in [-0.2, 0) is 0 Å². The molecule has 2 aromatic rings. The molecule has 2 heterocycles. The van der Waals surface area contributed by atoms with E-state index in [4.69, 9.17) is 11.6 Å². The van der Waals surface area contributed by atoms with Gasteiger partial charge in [-0.15, -0.1) is 0 Å². The molecule has 1 aliphatic heterocycles. The number of nitrogens with zero attached hydrogens (tertiary/aromatic N) is 5. The molecule has 1 aliphatic rings. The third-order valence-electron chi connectivity index (χ3n) is 5.06. The number of amides is 1. The van der Waals surface area contributed by atoms with Crippen molar-refractivity contribution in [1.29, 1.82) is 0 Å². The number of nitro benzene ring substituents is 1. The van der Waals surface area contributed by atoms with E-state index in [0.29, 0.717) is 6.54 Å². The number of benzene rings is 1. The van der Waals surface area contributed by atoms with Crippen LogP contribution in [0.4, 0.5) is 23.0 Å². The maximum absolute atomic E-state index is 12.4. The zero-order valence-corrected chi connectivity index (χ0v) is 17.3. The van der Waals surface area contributed by atoms with Crippen molar-refractivity contribution in [2.75, 3.05) is 16.9 Å². The van der Waals surface area contributed by atoms with E-state index >= 15 is 0 Å². The van der Waals surface area contributed by atoms with Gasteiger partial charge in [-0.05, 0) is 37.8 Å². The van der Waals surface area contributed by atoms with Crippen LogP contribution in [0.5, 0.6) is 0 Å². The second-order valence-corrected chi connectivity index (χ2v) is 7.31. The van der Waals surface area contributed by atoms with E-state index < -0.39 is 21.4 Å². The molecule has 0 bridgehead atoms. The summed E-state index contributed by atoms with van der Waals surface area (Å²) >= 11 is 5.75. The number of carbonyl (C=O) groups excluding carboxylic acids is 1. The van der Waals surface area contributed by atoms with Crippen LogP contribution in [0.3, 0.4) is 0 Å². The van der Waals surface area contributed by atoms with Gasteiger partial charge < -0.3 is 4.90 Å². The average molecular weight is 450 g/mol. The maximum Gasteiger partial charge on any atom is 0.355 e.